The number of hydrogen-bond acceptors (Lipinski definition) is 6. The van der Waals surface area contributed by atoms with Crippen molar-refractivity contribution in [1.82, 2.24) is 14.8 Å². The van der Waals surface area contributed by atoms with E-state index >= 15 is 0 Å². The first-order valence-corrected chi connectivity index (χ1v) is 8.91. The maximum absolute atomic E-state index is 5.63. The number of aliphatic imine (C=N–C) groups is 1. The molecule has 5 heterocycles. The molecule has 1 atom stereocenters. The summed E-state index contributed by atoms with van der Waals surface area (Å²) in [7, 11) is 2.15. The van der Waals surface area contributed by atoms with E-state index in [2.05, 4.69) is 33.9 Å². The van der Waals surface area contributed by atoms with Crippen molar-refractivity contribution in [3.63, 3.8) is 0 Å². The largest absolute Gasteiger partial charge is 0.377 e. The molecule has 0 aliphatic carbocycles. The lowest BCUT2D eigenvalue weighted by molar-refractivity contribution is 0.0985. The zero-order valence-electron chi connectivity index (χ0n) is 14.6. The third-order valence-corrected chi connectivity index (χ3v) is 5.33. The lowest BCUT2D eigenvalue weighted by atomic mass is 10.1. The number of fused-ring (bicyclic) bond motifs is 3. The van der Waals surface area contributed by atoms with Gasteiger partial charge in [0.15, 0.2) is 11.5 Å². The Kier molecular flexibility index (Phi) is 3.31. The van der Waals surface area contributed by atoms with Crippen molar-refractivity contribution in [3.05, 3.63) is 23.9 Å². The Morgan fingerprint density at radius 1 is 1.28 bits per heavy atom. The highest BCUT2D eigenvalue weighted by molar-refractivity contribution is 6.04. The van der Waals surface area contributed by atoms with Gasteiger partial charge in [-0.05, 0) is 19.4 Å². The Labute approximate surface area is 146 Å². The summed E-state index contributed by atoms with van der Waals surface area (Å²) in [5.41, 5.74) is 3.51. The minimum absolute atomic E-state index is 0.328. The summed E-state index contributed by atoms with van der Waals surface area (Å²) in [4.78, 5) is 14.3. The smallest absolute Gasteiger partial charge is 0.169 e. The van der Waals surface area contributed by atoms with Crippen LogP contribution in [0.1, 0.15) is 12.5 Å². The topological polar surface area (TPSA) is 58.8 Å². The monoisotopic (exact) mass is 338 g/mol. The Balaban J connectivity index is 1.74. The molecule has 0 unspecified atom stereocenters. The summed E-state index contributed by atoms with van der Waals surface area (Å²) in [6.07, 6.45) is 7.03. The van der Waals surface area contributed by atoms with Crippen molar-refractivity contribution in [1.29, 1.82) is 0 Å². The van der Waals surface area contributed by atoms with E-state index in [1.165, 1.54) is 11.3 Å². The Morgan fingerprint density at radius 3 is 3.00 bits per heavy atom. The summed E-state index contributed by atoms with van der Waals surface area (Å²) in [6.45, 7) is 6.33. The average Bonchev–Trinajstić information content (AvgIpc) is 3.33. The van der Waals surface area contributed by atoms with Crippen molar-refractivity contribution in [2.24, 2.45) is 4.99 Å². The molecule has 2 aromatic rings. The van der Waals surface area contributed by atoms with Crippen LogP contribution >= 0.6 is 0 Å². The van der Waals surface area contributed by atoms with E-state index < -0.39 is 0 Å². The van der Waals surface area contributed by atoms with Gasteiger partial charge in [-0.15, -0.1) is 0 Å². The molecule has 5 rings (SSSR count). The molecule has 0 amide bonds. The molecular weight excluding hydrogens is 316 g/mol. The first-order valence-electron chi connectivity index (χ1n) is 8.91. The predicted molar refractivity (Wildman–Crippen MR) is 99.0 cm³/mol. The summed E-state index contributed by atoms with van der Waals surface area (Å²) in [6, 6.07) is 0.328. The first-order chi connectivity index (χ1) is 12.2. The second-order valence-corrected chi connectivity index (χ2v) is 6.95. The fourth-order valence-electron chi connectivity index (χ4n) is 4.05. The number of hydrogen-bond donors (Lipinski definition) is 0. The highest BCUT2D eigenvalue weighted by atomic mass is 16.5. The van der Waals surface area contributed by atoms with Gasteiger partial charge < -0.3 is 14.5 Å². The molecule has 130 valence electrons. The van der Waals surface area contributed by atoms with Crippen LogP contribution in [0.2, 0.25) is 0 Å². The van der Waals surface area contributed by atoms with Gasteiger partial charge in [0.05, 0.1) is 43.1 Å². The van der Waals surface area contributed by atoms with Gasteiger partial charge in [-0.1, -0.05) is 6.08 Å². The van der Waals surface area contributed by atoms with Crippen molar-refractivity contribution >= 4 is 28.4 Å². The van der Waals surface area contributed by atoms with Crippen LogP contribution in [0.5, 0.6) is 0 Å². The Bertz CT molecular complexity index is 899. The fourth-order valence-corrected chi connectivity index (χ4v) is 4.05. The van der Waals surface area contributed by atoms with Gasteiger partial charge >= 0.3 is 0 Å². The number of pyridine rings is 1. The molecular formula is C18H22N6O. The summed E-state index contributed by atoms with van der Waals surface area (Å²) in [5.74, 6) is 1.95. The molecule has 1 saturated heterocycles. The molecule has 0 bridgehead atoms. The van der Waals surface area contributed by atoms with Gasteiger partial charge in [0.1, 0.15) is 5.82 Å². The zero-order chi connectivity index (χ0) is 17.0. The van der Waals surface area contributed by atoms with Crippen LogP contribution in [0.25, 0.3) is 11.0 Å². The third-order valence-electron chi connectivity index (χ3n) is 5.33. The van der Waals surface area contributed by atoms with Crippen molar-refractivity contribution in [3.8, 4) is 0 Å². The Hall–Kier alpha value is -2.41. The summed E-state index contributed by atoms with van der Waals surface area (Å²) >= 11 is 0. The molecule has 2 aromatic heterocycles. The number of morpholine rings is 1. The van der Waals surface area contributed by atoms with Crippen LogP contribution in [0, 0.1) is 0 Å². The normalized spacial score (nSPS) is 22.8. The molecule has 25 heavy (non-hydrogen) atoms. The maximum Gasteiger partial charge on any atom is 0.169 e. The van der Waals surface area contributed by atoms with Crippen LogP contribution in [-0.2, 0) is 11.2 Å². The molecule has 0 radical (unpaired) electrons. The standard InChI is InChI=1S/C18H22N6O/c1-12-11-25-9-8-23(12)17-13-5-7-22(2)16(13)14-10-20-24(18(14)21-17)15-4-3-6-19-15/h3-4,10,12H,5-9,11H2,1-2H3/t12-/m1/s1. The second-order valence-electron chi connectivity index (χ2n) is 6.95. The average molecular weight is 338 g/mol. The van der Waals surface area contributed by atoms with Gasteiger partial charge in [0.2, 0.25) is 0 Å². The van der Waals surface area contributed by atoms with Gasteiger partial charge in [-0.2, -0.15) is 9.78 Å². The van der Waals surface area contributed by atoms with E-state index in [1.807, 2.05) is 23.0 Å². The van der Waals surface area contributed by atoms with Gasteiger partial charge in [0.25, 0.3) is 0 Å². The fraction of sp³-hybridized carbons (Fsp3) is 0.500. The molecule has 7 nitrogen and oxygen atoms in total. The second kappa shape index (κ2) is 5.56. The van der Waals surface area contributed by atoms with E-state index in [9.17, 15) is 0 Å². The van der Waals surface area contributed by atoms with Crippen molar-refractivity contribution in [2.45, 2.75) is 19.4 Å². The van der Waals surface area contributed by atoms with Gasteiger partial charge in [-0.25, -0.2) is 4.98 Å². The van der Waals surface area contributed by atoms with Crippen LogP contribution in [-0.4, -0.2) is 66.5 Å². The highest BCUT2D eigenvalue weighted by Crippen LogP contribution is 2.40. The number of likely N-dealkylation sites (N-methyl/N-ethyl adjacent to an activating group) is 1. The molecule has 3 aliphatic heterocycles. The Morgan fingerprint density at radius 2 is 2.20 bits per heavy atom. The minimum Gasteiger partial charge on any atom is -0.377 e. The maximum atomic E-state index is 5.63. The van der Waals surface area contributed by atoms with Crippen LogP contribution in [0.3, 0.4) is 0 Å². The third kappa shape index (κ3) is 2.18. The molecule has 0 spiro atoms. The number of anilines is 2. The van der Waals surface area contributed by atoms with E-state index in [0.717, 1.165) is 62.0 Å². The van der Waals surface area contributed by atoms with Crippen LogP contribution in [0.15, 0.2) is 23.3 Å². The van der Waals surface area contributed by atoms with E-state index in [4.69, 9.17) is 9.72 Å². The lowest BCUT2D eigenvalue weighted by Crippen LogP contribution is -2.44. The van der Waals surface area contributed by atoms with Gasteiger partial charge in [0, 0.05) is 25.7 Å². The molecule has 7 heteroatoms. The number of aromatic nitrogens is 3. The molecule has 0 aromatic carbocycles. The van der Waals surface area contributed by atoms with Gasteiger partial charge in [-0.3, -0.25) is 4.99 Å². The zero-order valence-corrected chi connectivity index (χ0v) is 14.6. The molecule has 0 saturated carbocycles. The van der Waals surface area contributed by atoms with Crippen LogP contribution in [0.4, 0.5) is 11.5 Å². The SMILES string of the molecule is C[C@@H]1COCCN1c1nc2c(cnn2C2=NCC=C2)c2c1CCN2C. The van der Waals surface area contributed by atoms with Crippen molar-refractivity contribution in [2.75, 3.05) is 49.7 Å². The minimum atomic E-state index is 0.328. The number of ether oxygens (including phenoxy) is 1. The summed E-state index contributed by atoms with van der Waals surface area (Å²) in [5, 5.41) is 5.71. The van der Waals surface area contributed by atoms with E-state index in [0.29, 0.717) is 6.04 Å². The quantitative estimate of drug-likeness (QED) is 0.788. The summed E-state index contributed by atoms with van der Waals surface area (Å²) < 4.78 is 7.50. The van der Waals surface area contributed by atoms with E-state index in [1.54, 1.807) is 0 Å². The number of nitrogens with zero attached hydrogens (tertiary/aromatic N) is 6. The predicted octanol–water partition coefficient (Wildman–Crippen LogP) is 1.47. The van der Waals surface area contributed by atoms with Crippen LogP contribution < -0.4 is 9.80 Å². The molecule has 1 fully saturated rings. The number of rotatable bonds is 1. The highest BCUT2D eigenvalue weighted by Gasteiger charge is 2.31. The number of allylic oxidation sites excluding steroid dienone is 1. The van der Waals surface area contributed by atoms with Crippen molar-refractivity contribution < 1.29 is 4.74 Å². The lowest BCUT2D eigenvalue weighted by Gasteiger charge is -2.35. The molecule has 3 aliphatic rings. The molecule has 0 N–H and O–H groups in total. The first kappa shape index (κ1) is 14.9. The van der Waals surface area contributed by atoms with E-state index in [-0.39, 0.29) is 0 Å².